The Balaban J connectivity index is 1.82. The lowest BCUT2D eigenvalue weighted by atomic mass is 9.80. The number of benzene rings is 1. The maximum atomic E-state index is 13.6. The van der Waals surface area contributed by atoms with Gasteiger partial charge in [-0.1, -0.05) is 26.8 Å². The van der Waals surface area contributed by atoms with Gasteiger partial charge in [0.25, 0.3) is 0 Å². The van der Waals surface area contributed by atoms with Crippen LogP contribution in [-0.4, -0.2) is 52.9 Å². The van der Waals surface area contributed by atoms with Crippen LogP contribution in [0.2, 0.25) is 0 Å². The molecule has 2 saturated heterocycles. The molecule has 3 aliphatic rings. The van der Waals surface area contributed by atoms with Gasteiger partial charge in [0.15, 0.2) is 11.5 Å². The predicted molar refractivity (Wildman–Crippen MR) is 115 cm³/mol. The molecule has 0 unspecified atom stereocenters. The van der Waals surface area contributed by atoms with E-state index < -0.39 is 46.1 Å². The Morgan fingerprint density at radius 1 is 1.19 bits per heavy atom. The highest BCUT2D eigenvalue weighted by Gasteiger charge is 2.65. The topological polar surface area (TPSA) is 122 Å². The molecule has 3 heterocycles. The third-order valence-corrected chi connectivity index (χ3v) is 6.23. The molecular weight excluding hydrogens is 416 g/mol. The van der Waals surface area contributed by atoms with E-state index >= 15 is 0 Å². The van der Waals surface area contributed by atoms with Gasteiger partial charge in [-0.05, 0) is 18.6 Å². The molecule has 0 N–H and O–H groups in total. The monoisotopic (exact) mass is 440 g/mol. The first-order chi connectivity index (χ1) is 15.0. The number of imide groups is 1. The molecule has 0 aromatic heterocycles. The van der Waals surface area contributed by atoms with Crippen molar-refractivity contribution in [3.05, 3.63) is 40.0 Å². The Bertz CT molecular complexity index is 1100. The van der Waals surface area contributed by atoms with Gasteiger partial charge in [0.05, 0.1) is 35.6 Å². The molecule has 0 spiro atoms. The van der Waals surface area contributed by atoms with Gasteiger partial charge >= 0.3 is 5.69 Å². The average Bonchev–Trinajstić information content (AvgIpc) is 3.19. The molecule has 2 amide bonds. The molecule has 2 fully saturated rings. The number of methoxy groups -OCH3 is 1. The number of anilines is 1. The van der Waals surface area contributed by atoms with Gasteiger partial charge in [-0.2, -0.15) is 5.10 Å². The standard InChI is InChI=1S/C22H24N4O6/c1-11-9-14(26(30)31)15(32-5)10-13(11)24-20(28)16-12-7-6-8-23-25(12)18(17(16)21(24)29)19(27)22(2,3)4/h6-10,12,16-18H,1-5H3/t12-,16+,17+,18-/m0/s1. The smallest absolute Gasteiger partial charge is 0.311 e. The molecule has 0 saturated carbocycles. The zero-order valence-corrected chi connectivity index (χ0v) is 18.4. The minimum atomic E-state index is -0.903. The number of nitro benzene ring substituents is 1. The van der Waals surface area contributed by atoms with Crippen molar-refractivity contribution in [3.8, 4) is 5.75 Å². The number of rotatable bonds is 4. The Labute approximate surface area is 184 Å². The van der Waals surface area contributed by atoms with Crippen molar-refractivity contribution in [2.24, 2.45) is 22.4 Å². The van der Waals surface area contributed by atoms with E-state index in [2.05, 4.69) is 5.10 Å². The number of aryl methyl sites for hydroxylation is 1. The second-order valence-electron chi connectivity index (χ2n) is 9.21. The quantitative estimate of drug-likeness (QED) is 0.400. The van der Waals surface area contributed by atoms with Crippen molar-refractivity contribution in [1.82, 2.24) is 5.01 Å². The van der Waals surface area contributed by atoms with Crippen LogP contribution in [0.5, 0.6) is 5.75 Å². The lowest BCUT2D eigenvalue weighted by Crippen LogP contribution is -2.49. The number of ether oxygens (including phenoxy) is 1. The van der Waals surface area contributed by atoms with Crippen LogP contribution >= 0.6 is 0 Å². The molecule has 1 aromatic carbocycles. The van der Waals surface area contributed by atoms with Gasteiger partial charge in [0.1, 0.15) is 6.04 Å². The number of amides is 2. The van der Waals surface area contributed by atoms with Crippen molar-refractivity contribution < 1.29 is 24.0 Å². The number of hydrazone groups is 1. The van der Waals surface area contributed by atoms with E-state index in [1.807, 2.05) is 0 Å². The molecule has 0 bridgehead atoms. The fourth-order valence-corrected chi connectivity index (χ4v) is 4.73. The van der Waals surface area contributed by atoms with Crippen LogP contribution in [0.15, 0.2) is 29.4 Å². The van der Waals surface area contributed by atoms with Gasteiger partial charge in [-0.3, -0.25) is 29.5 Å². The molecule has 1 aromatic rings. The summed E-state index contributed by atoms with van der Waals surface area (Å²) in [4.78, 5) is 52.3. The van der Waals surface area contributed by atoms with Crippen LogP contribution in [0.1, 0.15) is 26.3 Å². The fourth-order valence-electron chi connectivity index (χ4n) is 4.73. The van der Waals surface area contributed by atoms with Crippen LogP contribution in [-0.2, 0) is 14.4 Å². The van der Waals surface area contributed by atoms with Crippen LogP contribution in [0.3, 0.4) is 0 Å². The summed E-state index contributed by atoms with van der Waals surface area (Å²) in [7, 11) is 1.28. The highest BCUT2D eigenvalue weighted by atomic mass is 16.6. The minimum absolute atomic E-state index is 0.0561. The lowest BCUT2D eigenvalue weighted by molar-refractivity contribution is -0.385. The van der Waals surface area contributed by atoms with E-state index in [0.717, 1.165) is 4.90 Å². The number of allylic oxidation sites excluding steroid dienone is 1. The summed E-state index contributed by atoms with van der Waals surface area (Å²) in [6, 6.07) is 1.20. The van der Waals surface area contributed by atoms with Crippen LogP contribution < -0.4 is 9.64 Å². The molecular formula is C22H24N4O6. The summed E-state index contributed by atoms with van der Waals surface area (Å²) in [6.07, 6.45) is 5.01. The number of ketones is 1. The number of fused-ring (bicyclic) bond motifs is 3. The predicted octanol–water partition coefficient (Wildman–Crippen LogP) is 2.24. The number of Topliss-reactive ketones (excluding diaryl/α,β-unsaturated/α-hetero) is 1. The number of hydrogen-bond acceptors (Lipinski definition) is 8. The molecule has 10 nitrogen and oxygen atoms in total. The third kappa shape index (κ3) is 3.01. The zero-order valence-electron chi connectivity index (χ0n) is 18.4. The Morgan fingerprint density at radius 3 is 2.44 bits per heavy atom. The van der Waals surface area contributed by atoms with Gasteiger partial charge in [-0.15, -0.1) is 0 Å². The number of carbonyl (C=O) groups excluding carboxylic acids is 3. The number of carbonyl (C=O) groups is 3. The van der Waals surface area contributed by atoms with E-state index in [1.54, 1.807) is 51.1 Å². The number of nitrogens with zero attached hydrogens (tertiary/aromatic N) is 4. The molecule has 168 valence electrons. The summed E-state index contributed by atoms with van der Waals surface area (Å²) in [6.45, 7) is 6.90. The molecule has 10 heteroatoms. The summed E-state index contributed by atoms with van der Waals surface area (Å²) in [5.41, 5.74) is -0.408. The van der Waals surface area contributed by atoms with Gasteiger partial charge in [0.2, 0.25) is 11.8 Å². The summed E-state index contributed by atoms with van der Waals surface area (Å²) >= 11 is 0. The van der Waals surface area contributed by atoms with Crippen LogP contribution in [0, 0.1) is 34.3 Å². The van der Waals surface area contributed by atoms with Crippen LogP contribution in [0.25, 0.3) is 0 Å². The highest BCUT2D eigenvalue weighted by molar-refractivity contribution is 6.24. The second kappa shape index (κ2) is 7.25. The lowest BCUT2D eigenvalue weighted by Gasteiger charge is -2.33. The highest BCUT2D eigenvalue weighted by Crippen LogP contribution is 2.48. The Morgan fingerprint density at radius 2 is 1.84 bits per heavy atom. The maximum absolute atomic E-state index is 13.6. The van der Waals surface area contributed by atoms with E-state index in [1.165, 1.54) is 19.2 Å². The SMILES string of the molecule is COc1cc(N2C(=O)[C@@H]3[C@H](C2=O)[C@@H]2C=CC=NN2[C@@H]3C(=O)C(C)(C)C)c(C)cc1[N+](=O)[O-]. The normalized spacial score (nSPS) is 26.4. The second-order valence-corrected chi connectivity index (χ2v) is 9.21. The van der Waals surface area contributed by atoms with Crippen molar-refractivity contribution in [1.29, 1.82) is 0 Å². The molecule has 32 heavy (non-hydrogen) atoms. The zero-order chi connectivity index (χ0) is 23.5. The van der Waals surface area contributed by atoms with Crippen LogP contribution in [0.4, 0.5) is 11.4 Å². The van der Waals surface area contributed by atoms with Crippen molar-refractivity contribution in [3.63, 3.8) is 0 Å². The Kier molecular flexibility index (Phi) is 4.91. The maximum Gasteiger partial charge on any atom is 0.311 e. The van der Waals surface area contributed by atoms with E-state index in [-0.39, 0.29) is 22.9 Å². The number of nitro groups is 1. The van der Waals surface area contributed by atoms with Crippen molar-refractivity contribution in [2.45, 2.75) is 39.8 Å². The van der Waals surface area contributed by atoms with Crippen molar-refractivity contribution >= 4 is 35.2 Å². The fraction of sp³-hybridized carbons (Fsp3) is 0.455. The van der Waals surface area contributed by atoms with Gasteiger partial charge < -0.3 is 4.74 Å². The summed E-state index contributed by atoms with van der Waals surface area (Å²) in [5, 5.41) is 17.2. The Hall–Kier alpha value is -3.56. The third-order valence-electron chi connectivity index (χ3n) is 6.23. The van der Waals surface area contributed by atoms with E-state index in [9.17, 15) is 24.5 Å². The molecule has 4 rings (SSSR count). The van der Waals surface area contributed by atoms with E-state index in [4.69, 9.17) is 4.74 Å². The summed E-state index contributed by atoms with van der Waals surface area (Å²) in [5.74, 6) is -2.89. The largest absolute Gasteiger partial charge is 0.490 e. The molecule has 0 aliphatic carbocycles. The first-order valence-corrected chi connectivity index (χ1v) is 10.2. The van der Waals surface area contributed by atoms with Crippen molar-refractivity contribution in [2.75, 3.05) is 12.0 Å². The van der Waals surface area contributed by atoms with E-state index in [0.29, 0.717) is 5.56 Å². The molecule has 4 atom stereocenters. The first-order valence-electron chi connectivity index (χ1n) is 10.2. The van der Waals surface area contributed by atoms with Gasteiger partial charge in [-0.25, -0.2) is 4.90 Å². The minimum Gasteiger partial charge on any atom is -0.490 e. The summed E-state index contributed by atoms with van der Waals surface area (Å²) < 4.78 is 5.13. The average molecular weight is 440 g/mol. The van der Waals surface area contributed by atoms with Gasteiger partial charge in [0, 0.05) is 23.8 Å². The molecule has 0 radical (unpaired) electrons. The number of hydrogen-bond donors (Lipinski definition) is 0. The first kappa shape index (κ1) is 21.7. The molecule has 3 aliphatic heterocycles.